The molecule has 5 rings (SSSR count). The number of thiophene rings is 1. The summed E-state index contributed by atoms with van der Waals surface area (Å²) >= 11 is 1.55. The minimum atomic E-state index is -0.131. The number of hydrogen-bond donors (Lipinski definition) is 1. The number of fused-ring (bicyclic) bond motifs is 2. The van der Waals surface area contributed by atoms with Crippen LogP contribution in [0.4, 0.5) is 5.00 Å². The van der Waals surface area contributed by atoms with Crippen LogP contribution in [0.5, 0.6) is 5.75 Å². The van der Waals surface area contributed by atoms with Gasteiger partial charge in [-0.05, 0) is 55.0 Å². The first-order chi connectivity index (χ1) is 15.7. The maximum Gasteiger partial charge on any atom is 0.244 e. The van der Waals surface area contributed by atoms with Crippen molar-refractivity contribution >= 4 is 33.1 Å². The molecule has 2 heterocycles. The van der Waals surface area contributed by atoms with Crippen LogP contribution in [0.15, 0.2) is 60.8 Å². The Labute approximate surface area is 190 Å². The summed E-state index contributed by atoms with van der Waals surface area (Å²) in [6.07, 6.45) is 6.09. The van der Waals surface area contributed by atoms with Gasteiger partial charge >= 0.3 is 0 Å². The highest BCUT2D eigenvalue weighted by Crippen LogP contribution is 2.37. The van der Waals surface area contributed by atoms with E-state index in [1.165, 1.54) is 4.88 Å². The SMILES string of the molecule is N#Cc1c(NC(=O)Cn2ccc3c(OCc4ccccc4)cccc32)sc2c1CCCC2. The maximum atomic E-state index is 12.8. The number of aromatic nitrogens is 1. The smallest absolute Gasteiger partial charge is 0.244 e. The fourth-order valence-corrected chi connectivity index (χ4v) is 5.54. The lowest BCUT2D eigenvalue weighted by molar-refractivity contribution is -0.116. The summed E-state index contributed by atoms with van der Waals surface area (Å²) in [4.78, 5) is 14.1. The maximum absolute atomic E-state index is 12.8. The standard InChI is InChI=1S/C26H23N3O2S/c27-15-21-19-9-4-5-12-24(19)32-26(21)28-25(30)16-29-14-13-20-22(29)10-6-11-23(20)31-17-18-7-2-1-3-8-18/h1-3,6-8,10-11,13-14H,4-5,9,12,16-17H2,(H,28,30). The molecular formula is C26H23N3O2S. The van der Waals surface area contributed by atoms with Gasteiger partial charge < -0.3 is 14.6 Å². The monoisotopic (exact) mass is 441 g/mol. The molecule has 2 aromatic heterocycles. The highest BCUT2D eigenvalue weighted by Gasteiger charge is 2.22. The van der Waals surface area contributed by atoms with Crippen LogP contribution in [0.2, 0.25) is 0 Å². The Morgan fingerprint density at radius 1 is 1.09 bits per heavy atom. The molecule has 0 radical (unpaired) electrons. The molecule has 0 spiro atoms. The van der Waals surface area contributed by atoms with Crippen molar-refractivity contribution in [1.29, 1.82) is 5.26 Å². The highest BCUT2D eigenvalue weighted by molar-refractivity contribution is 7.16. The molecule has 6 heteroatoms. The lowest BCUT2D eigenvalue weighted by Crippen LogP contribution is -2.18. The van der Waals surface area contributed by atoms with Gasteiger partial charge in [0.2, 0.25) is 5.91 Å². The van der Waals surface area contributed by atoms with Crippen molar-refractivity contribution < 1.29 is 9.53 Å². The molecule has 5 nitrogen and oxygen atoms in total. The number of aryl methyl sites for hydroxylation is 1. The molecule has 0 aliphatic heterocycles. The molecule has 0 fully saturated rings. The van der Waals surface area contributed by atoms with E-state index < -0.39 is 0 Å². The molecule has 1 aliphatic rings. The van der Waals surface area contributed by atoms with E-state index in [-0.39, 0.29) is 12.5 Å². The molecule has 1 N–H and O–H groups in total. The number of ether oxygens (including phenoxy) is 1. The first-order valence-corrected chi connectivity index (χ1v) is 11.6. The Kier molecular flexibility index (Phi) is 5.66. The van der Waals surface area contributed by atoms with Gasteiger partial charge in [0.15, 0.2) is 0 Å². The second kappa shape index (κ2) is 8.89. The van der Waals surface area contributed by atoms with E-state index in [0.717, 1.165) is 53.5 Å². The van der Waals surface area contributed by atoms with E-state index in [2.05, 4.69) is 11.4 Å². The minimum Gasteiger partial charge on any atom is -0.488 e. The van der Waals surface area contributed by atoms with E-state index in [0.29, 0.717) is 17.2 Å². The molecule has 0 saturated heterocycles. The van der Waals surface area contributed by atoms with Crippen molar-refractivity contribution in [2.24, 2.45) is 0 Å². The van der Waals surface area contributed by atoms with Crippen molar-refractivity contribution in [3.8, 4) is 11.8 Å². The van der Waals surface area contributed by atoms with Gasteiger partial charge in [-0.25, -0.2) is 0 Å². The van der Waals surface area contributed by atoms with Gasteiger partial charge in [0.25, 0.3) is 0 Å². The van der Waals surface area contributed by atoms with Crippen LogP contribution in [-0.4, -0.2) is 10.5 Å². The molecule has 1 aliphatic carbocycles. The van der Waals surface area contributed by atoms with Crippen molar-refractivity contribution in [3.05, 3.63) is 82.4 Å². The van der Waals surface area contributed by atoms with Crippen LogP contribution in [0.3, 0.4) is 0 Å². The largest absolute Gasteiger partial charge is 0.488 e. The summed E-state index contributed by atoms with van der Waals surface area (Å²) < 4.78 is 7.96. The first-order valence-electron chi connectivity index (χ1n) is 10.8. The molecule has 0 saturated carbocycles. The number of carbonyl (C=O) groups excluding carboxylic acids is 1. The number of rotatable bonds is 6. The van der Waals surface area contributed by atoms with E-state index in [1.807, 2.05) is 65.4 Å². The second-order valence-corrected chi connectivity index (χ2v) is 9.09. The molecule has 0 unspecified atom stereocenters. The average molecular weight is 442 g/mol. The van der Waals surface area contributed by atoms with Crippen LogP contribution in [0.25, 0.3) is 10.9 Å². The van der Waals surface area contributed by atoms with Gasteiger partial charge in [-0.2, -0.15) is 5.26 Å². The van der Waals surface area contributed by atoms with Gasteiger partial charge in [0.05, 0.1) is 11.1 Å². The third-order valence-corrected chi connectivity index (χ3v) is 7.07. The van der Waals surface area contributed by atoms with Gasteiger partial charge in [0.1, 0.15) is 30.0 Å². The second-order valence-electron chi connectivity index (χ2n) is 7.98. The zero-order valence-corrected chi connectivity index (χ0v) is 18.5. The van der Waals surface area contributed by atoms with Crippen LogP contribution < -0.4 is 10.1 Å². The molecular weight excluding hydrogens is 418 g/mol. The van der Waals surface area contributed by atoms with Crippen LogP contribution in [0.1, 0.15) is 34.4 Å². The van der Waals surface area contributed by atoms with Crippen LogP contribution >= 0.6 is 11.3 Å². The molecule has 0 atom stereocenters. The Bertz CT molecular complexity index is 1310. The quantitative estimate of drug-likeness (QED) is 0.419. The predicted octanol–water partition coefficient (Wildman–Crippen LogP) is 5.67. The van der Waals surface area contributed by atoms with E-state index in [4.69, 9.17) is 4.74 Å². The van der Waals surface area contributed by atoms with Crippen LogP contribution in [-0.2, 0) is 30.8 Å². The number of amides is 1. The third-order valence-electron chi connectivity index (χ3n) is 5.86. The van der Waals surface area contributed by atoms with Gasteiger partial charge in [-0.3, -0.25) is 4.79 Å². The van der Waals surface area contributed by atoms with E-state index >= 15 is 0 Å². The van der Waals surface area contributed by atoms with Crippen molar-refractivity contribution in [2.45, 2.75) is 38.8 Å². The molecule has 2 aromatic carbocycles. The predicted molar refractivity (Wildman–Crippen MR) is 127 cm³/mol. The summed E-state index contributed by atoms with van der Waals surface area (Å²) in [5.74, 6) is 0.663. The summed E-state index contributed by atoms with van der Waals surface area (Å²) in [5.41, 5.74) is 3.82. The van der Waals surface area contributed by atoms with E-state index in [1.54, 1.807) is 11.3 Å². The zero-order valence-electron chi connectivity index (χ0n) is 17.6. The average Bonchev–Trinajstić information content (AvgIpc) is 3.39. The first kappa shape index (κ1) is 20.3. The Hall–Kier alpha value is -3.56. The fourth-order valence-electron chi connectivity index (χ4n) is 4.29. The Morgan fingerprint density at radius 3 is 2.78 bits per heavy atom. The molecule has 160 valence electrons. The molecule has 32 heavy (non-hydrogen) atoms. The number of nitrogens with one attached hydrogen (secondary N) is 1. The number of nitriles is 1. The number of hydrogen-bond acceptors (Lipinski definition) is 4. The topological polar surface area (TPSA) is 67.0 Å². The third kappa shape index (κ3) is 4.00. The summed E-state index contributed by atoms with van der Waals surface area (Å²) in [5, 5.41) is 14.3. The Morgan fingerprint density at radius 2 is 1.94 bits per heavy atom. The lowest BCUT2D eigenvalue weighted by Gasteiger charge is -2.10. The minimum absolute atomic E-state index is 0.131. The van der Waals surface area contributed by atoms with Gasteiger partial charge in [-0.1, -0.05) is 36.4 Å². The fraction of sp³-hybridized carbons (Fsp3) is 0.231. The van der Waals surface area contributed by atoms with Crippen molar-refractivity contribution in [2.75, 3.05) is 5.32 Å². The Balaban J connectivity index is 1.32. The number of carbonyl (C=O) groups is 1. The highest BCUT2D eigenvalue weighted by atomic mass is 32.1. The zero-order chi connectivity index (χ0) is 21.9. The number of anilines is 1. The van der Waals surface area contributed by atoms with Crippen LogP contribution in [0, 0.1) is 11.3 Å². The van der Waals surface area contributed by atoms with Crippen molar-refractivity contribution in [1.82, 2.24) is 4.57 Å². The van der Waals surface area contributed by atoms with E-state index in [9.17, 15) is 10.1 Å². The number of nitrogens with zero attached hydrogens (tertiary/aromatic N) is 2. The molecule has 4 aromatic rings. The molecule has 1 amide bonds. The normalized spacial score (nSPS) is 12.8. The van der Waals surface area contributed by atoms with Crippen molar-refractivity contribution in [3.63, 3.8) is 0 Å². The molecule has 0 bridgehead atoms. The number of benzene rings is 2. The summed E-state index contributed by atoms with van der Waals surface area (Å²) in [6, 6.07) is 20.2. The van der Waals surface area contributed by atoms with Gasteiger partial charge in [-0.15, -0.1) is 11.3 Å². The summed E-state index contributed by atoms with van der Waals surface area (Å²) in [6.45, 7) is 0.671. The summed E-state index contributed by atoms with van der Waals surface area (Å²) in [7, 11) is 0. The lowest BCUT2D eigenvalue weighted by atomic mass is 9.96. The van der Waals surface area contributed by atoms with Gasteiger partial charge in [0, 0.05) is 16.5 Å².